The van der Waals surface area contributed by atoms with E-state index in [0.717, 1.165) is 18.6 Å². The molecule has 4 nitrogen and oxygen atoms in total. The maximum atomic E-state index is 11.8. The van der Waals surface area contributed by atoms with Crippen molar-refractivity contribution in [1.29, 1.82) is 0 Å². The standard InChI is InChI=1S/C15H23NO3/c1-15(2,3)14-12(5-7-19-14)9-16-13(17)8-11-4-6-18-10-11/h4,6,10,12,14H,5,7-9H2,1-3H3,(H,16,17)/t12-,14+/m1/s1. The molecular weight excluding hydrogens is 242 g/mol. The number of rotatable bonds is 4. The summed E-state index contributed by atoms with van der Waals surface area (Å²) in [5.41, 5.74) is 1.03. The minimum atomic E-state index is 0.0426. The normalized spacial score (nSPS) is 23.5. The Kier molecular flexibility index (Phi) is 4.30. The molecule has 1 aliphatic heterocycles. The zero-order valence-corrected chi connectivity index (χ0v) is 11.9. The Balaban J connectivity index is 1.80. The molecule has 1 amide bonds. The van der Waals surface area contributed by atoms with Crippen LogP contribution in [0.3, 0.4) is 0 Å². The number of hydrogen-bond acceptors (Lipinski definition) is 3. The topological polar surface area (TPSA) is 51.5 Å². The Bertz CT molecular complexity index is 406. The van der Waals surface area contributed by atoms with Crippen LogP contribution in [0, 0.1) is 11.3 Å². The molecule has 0 aromatic carbocycles. The van der Waals surface area contributed by atoms with Gasteiger partial charge in [0.15, 0.2) is 0 Å². The van der Waals surface area contributed by atoms with Gasteiger partial charge in [-0.2, -0.15) is 0 Å². The van der Waals surface area contributed by atoms with Gasteiger partial charge >= 0.3 is 0 Å². The first-order valence-corrected chi connectivity index (χ1v) is 6.86. The Morgan fingerprint density at radius 3 is 2.89 bits per heavy atom. The van der Waals surface area contributed by atoms with Crippen molar-refractivity contribution in [2.24, 2.45) is 11.3 Å². The van der Waals surface area contributed by atoms with E-state index in [4.69, 9.17) is 9.15 Å². The first-order chi connectivity index (χ1) is 8.97. The Morgan fingerprint density at radius 1 is 1.47 bits per heavy atom. The highest BCUT2D eigenvalue weighted by Crippen LogP contribution is 2.34. The molecule has 1 aromatic heterocycles. The summed E-state index contributed by atoms with van der Waals surface area (Å²) >= 11 is 0. The number of carbonyl (C=O) groups is 1. The first-order valence-electron chi connectivity index (χ1n) is 6.86. The van der Waals surface area contributed by atoms with Gasteiger partial charge in [-0.05, 0) is 23.5 Å². The van der Waals surface area contributed by atoms with Crippen LogP contribution >= 0.6 is 0 Å². The zero-order valence-electron chi connectivity index (χ0n) is 11.9. The second kappa shape index (κ2) is 5.78. The maximum absolute atomic E-state index is 11.8. The van der Waals surface area contributed by atoms with Crippen LogP contribution in [-0.2, 0) is 16.0 Å². The van der Waals surface area contributed by atoms with Gasteiger partial charge in [-0.3, -0.25) is 4.79 Å². The predicted molar refractivity (Wildman–Crippen MR) is 72.7 cm³/mol. The van der Waals surface area contributed by atoms with Crippen LogP contribution in [0.4, 0.5) is 0 Å². The molecule has 0 saturated carbocycles. The van der Waals surface area contributed by atoms with E-state index in [1.165, 1.54) is 0 Å². The number of carbonyl (C=O) groups excluding carboxylic acids is 1. The van der Waals surface area contributed by atoms with Crippen molar-refractivity contribution in [1.82, 2.24) is 5.32 Å². The van der Waals surface area contributed by atoms with Crippen LogP contribution in [0.15, 0.2) is 23.0 Å². The van der Waals surface area contributed by atoms with Crippen molar-refractivity contribution in [2.75, 3.05) is 13.2 Å². The number of hydrogen-bond donors (Lipinski definition) is 1. The average molecular weight is 265 g/mol. The number of furan rings is 1. The van der Waals surface area contributed by atoms with Crippen LogP contribution in [0.5, 0.6) is 0 Å². The van der Waals surface area contributed by atoms with E-state index in [9.17, 15) is 4.79 Å². The van der Waals surface area contributed by atoms with Gasteiger partial charge in [0.2, 0.25) is 5.91 Å². The highest BCUT2D eigenvalue weighted by atomic mass is 16.5. The van der Waals surface area contributed by atoms with Crippen molar-refractivity contribution in [3.63, 3.8) is 0 Å². The van der Waals surface area contributed by atoms with E-state index in [1.54, 1.807) is 12.5 Å². The van der Waals surface area contributed by atoms with E-state index < -0.39 is 0 Å². The lowest BCUT2D eigenvalue weighted by atomic mass is 9.81. The number of nitrogens with one attached hydrogen (secondary N) is 1. The number of amides is 1. The van der Waals surface area contributed by atoms with Crippen molar-refractivity contribution in [3.8, 4) is 0 Å². The minimum absolute atomic E-state index is 0.0426. The lowest BCUT2D eigenvalue weighted by molar-refractivity contribution is -0.120. The third kappa shape index (κ3) is 3.83. The molecule has 19 heavy (non-hydrogen) atoms. The summed E-state index contributed by atoms with van der Waals surface area (Å²) < 4.78 is 10.8. The highest BCUT2D eigenvalue weighted by molar-refractivity contribution is 5.78. The van der Waals surface area contributed by atoms with Crippen molar-refractivity contribution < 1.29 is 13.9 Å². The fourth-order valence-corrected chi connectivity index (χ4v) is 2.69. The Hall–Kier alpha value is -1.29. The summed E-state index contributed by atoms with van der Waals surface area (Å²) in [6, 6.07) is 1.82. The second-order valence-electron chi connectivity index (χ2n) is 6.32. The molecule has 1 aliphatic rings. The van der Waals surface area contributed by atoms with E-state index in [1.807, 2.05) is 6.07 Å². The molecule has 0 aliphatic carbocycles. The van der Waals surface area contributed by atoms with Gasteiger partial charge in [0.1, 0.15) is 0 Å². The summed E-state index contributed by atoms with van der Waals surface area (Å²) in [5.74, 6) is 0.453. The fraction of sp³-hybridized carbons (Fsp3) is 0.667. The van der Waals surface area contributed by atoms with Gasteiger partial charge in [-0.25, -0.2) is 0 Å². The molecular formula is C15H23NO3. The lowest BCUT2D eigenvalue weighted by Crippen LogP contribution is -2.39. The van der Waals surface area contributed by atoms with Gasteiger partial charge in [0.25, 0.3) is 0 Å². The molecule has 2 atom stereocenters. The van der Waals surface area contributed by atoms with E-state index in [-0.39, 0.29) is 17.4 Å². The van der Waals surface area contributed by atoms with Crippen LogP contribution < -0.4 is 5.32 Å². The first kappa shape index (κ1) is 14.1. The van der Waals surface area contributed by atoms with Gasteiger partial charge in [-0.15, -0.1) is 0 Å². The van der Waals surface area contributed by atoms with E-state index >= 15 is 0 Å². The van der Waals surface area contributed by atoms with Crippen LogP contribution in [-0.4, -0.2) is 25.2 Å². The molecule has 1 N–H and O–H groups in total. The maximum Gasteiger partial charge on any atom is 0.224 e. The Morgan fingerprint density at radius 2 is 2.26 bits per heavy atom. The molecule has 1 saturated heterocycles. The van der Waals surface area contributed by atoms with Gasteiger partial charge in [0.05, 0.1) is 25.1 Å². The predicted octanol–water partition coefficient (Wildman–Crippen LogP) is 2.39. The molecule has 4 heteroatoms. The summed E-state index contributed by atoms with van der Waals surface area (Å²) in [7, 11) is 0. The molecule has 1 fully saturated rings. The van der Waals surface area contributed by atoms with Gasteiger partial charge < -0.3 is 14.5 Å². The second-order valence-corrected chi connectivity index (χ2v) is 6.32. The van der Waals surface area contributed by atoms with E-state index in [0.29, 0.717) is 18.9 Å². The lowest BCUT2D eigenvalue weighted by Gasteiger charge is -2.31. The average Bonchev–Trinajstić information content (AvgIpc) is 2.95. The molecule has 2 rings (SSSR count). The molecule has 106 valence electrons. The molecule has 0 bridgehead atoms. The summed E-state index contributed by atoms with van der Waals surface area (Å²) in [6.45, 7) is 8.04. The molecule has 2 heterocycles. The summed E-state index contributed by atoms with van der Waals surface area (Å²) in [6.07, 6.45) is 4.82. The van der Waals surface area contributed by atoms with Crippen LogP contribution in [0.25, 0.3) is 0 Å². The third-order valence-electron chi connectivity index (χ3n) is 3.57. The van der Waals surface area contributed by atoms with E-state index in [2.05, 4.69) is 26.1 Å². The van der Waals surface area contributed by atoms with Crippen molar-refractivity contribution in [3.05, 3.63) is 24.2 Å². The zero-order chi connectivity index (χ0) is 13.9. The smallest absolute Gasteiger partial charge is 0.224 e. The quantitative estimate of drug-likeness (QED) is 0.909. The van der Waals surface area contributed by atoms with Gasteiger partial charge in [0, 0.05) is 19.1 Å². The Labute approximate surface area is 114 Å². The monoisotopic (exact) mass is 265 g/mol. The molecule has 1 aromatic rings. The van der Waals surface area contributed by atoms with Crippen LogP contribution in [0.2, 0.25) is 0 Å². The molecule has 0 radical (unpaired) electrons. The van der Waals surface area contributed by atoms with Crippen LogP contribution in [0.1, 0.15) is 32.8 Å². The largest absolute Gasteiger partial charge is 0.472 e. The molecule has 0 unspecified atom stereocenters. The highest BCUT2D eigenvalue weighted by Gasteiger charge is 2.37. The van der Waals surface area contributed by atoms with Crippen molar-refractivity contribution >= 4 is 5.91 Å². The van der Waals surface area contributed by atoms with Gasteiger partial charge in [-0.1, -0.05) is 20.8 Å². The fourth-order valence-electron chi connectivity index (χ4n) is 2.69. The molecule has 0 spiro atoms. The summed E-state index contributed by atoms with van der Waals surface area (Å²) in [5, 5.41) is 3.00. The minimum Gasteiger partial charge on any atom is -0.472 e. The van der Waals surface area contributed by atoms with Crippen molar-refractivity contribution in [2.45, 2.75) is 39.7 Å². The third-order valence-corrected chi connectivity index (χ3v) is 3.57. The summed E-state index contributed by atoms with van der Waals surface area (Å²) in [4.78, 5) is 11.8. The SMILES string of the molecule is CC(C)(C)[C@H]1OCC[C@@H]1CNC(=O)Cc1ccoc1. The number of ether oxygens (including phenoxy) is 1.